The summed E-state index contributed by atoms with van der Waals surface area (Å²) >= 11 is 7.93. The average molecular weight is 1000 g/mol. The number of nitrogens with one attached hydrogen (secondary N) is 4. The van der Waals surface area contributed by atoms with Crippen molar-refractivity contribution >= 4 is 52.4 Å². The second kappa shape index (κ2) is 21.6. The van der Waals surface area contributed by atoms with Gasteiger partial charge >= 0.3 is 0 Å². The Kier molecular flexibility index (Phi) is 16.0. The van der Waals surface area contributed by atoms with E-state index in [-0.39, 0.29) is 56.2 Å². The van der Waals surface area contributed by atoms with Crippen molar-refractivity contribution in [3.8, 4) is 33.4 Å². The third kappa shape index (κ3) is 11.9. The van der Waals surface area contributed by atoms with Crippen LogP contribution >= 0.6 is 22.9 Å². The number of benzene rings is 3. The number of pyridine rings is 1. The lowest BCUT2D eigenvalue weighted by Gasteiger charge is -2.63. The quantitative estimate of drug-likeness (QED) is 0.0563. The number of aryl methyl sites for hydroxylation is 1. The van der Waals surface area contributed by atoms with E-state index in [1.54, 1.807) is 47.9 Å². The zero-order valence-electron chi connectivity index (χ0n) is 41.8. The van der Waals surface area contributed by atoms with Crippen molar-refractivity contribution in [2.24, 2.45) is 16.2 Å². The number of thiophene rings is 1. The van der Waals surface area contributed by atoms with Crippen LogP contribution in [0.3, 0.4) is 0 Å². The lowest BCUT2D eigenvalue weighted by atomic mass is 9.49. The maximum atomic E-state index is 14.1. The van der Waals surface area contributed by atoms with Crippen LogP contribution in [-0.4, -0.2) is 95.3 Å². The van der Waals surface area contributed by atoms with Gasteiger partial charge in [-0.05, 0) is 89.4 Å². The van der Waals surface area contributed by atoms with Crippen LogP contribution in [0.25, 0.3) is 21.6 Å². The highest BCUT2D eigenvalue weighted by molar-refractivity contribution is 7.13. The first-order valence-corrected chi connectivity index (χ1v) is 25.1. The standard InChI is InChI=1S/C55H64ClN7O7S/c1-32-22-25-71-46(32)36-14-10-34(11-15-36)33(2)60-49(67)43-26-40(64)30-63(43)50(68)47(53(3,4)5)61-45(65)31-69-24-23-58-44-21-19-39(29-59-44)35-12-16-37(17-13-35)48(66)62-51-54(6,7)52(55(51,8)9)70-41-20-18-38(28-57)42(56)27-41/h10-22,25,27,29,33,40,43,47,51-52,64H,23-24,26,30-31H2,1-9H3,(H,58,59)(H,60,67)(H,61,65)(H,62,66)/t33-,40+,43-,47+,51?,52?/m0/s1. The molecular formula is C55H64ClN7O7S. The molecule has 14 nitrogen and oxygen atoms in total. The summed E-state index contributed by atoms with van der Waals surface area (Å²) < 4.78 is 12.0. The number of aliphatic hydroxyl groups excluding tert-OH is 1. The second-order valence-corrected chi connectivity index (χ2v) is 22.2. The van der Waals surface area contributed by atoms with Gasteiger partial charge in [-0.3, -0.25) is 19.2 Å². The van der Waals surface area contributed by atoms with Gasteiger partial charge in [-0.1, -0.05) is 96.5 Å². The van der Waals surface area contributed by atoms with Gasteiger partial charge in [0.05, 0.1) is 29.3 Å². The van der Waals surface area contributed by atoms with Gasteiger partial charge in [0.1, 0.15) is 42.4 Å². The van der Waals surface area contributed by atoms with Crippen molar-refractivity contribution < 1.29 is 33.8 Å². The Morgan fingerprint density at radius 1 is 0.944 bits per heavy atom. The van der Waals surface area contributed by atoms with Crippen LogP contribution in [0.1, 0.15) is 94.9 Å². The molecule has 3 aromatic carbocycles. The predicted octanol–water partition coefficient (Wildman–Crippen LogP) is 8.72. The van der Waals surface area contributed by atoms with Crippen molar-refractivity contribution in [3.05, 3.63) is 124 Å². The van der Waals surface area contributed by atoms with E-state index in [2.05, 4.69) is 78.4 Å². The van der Waals surface area contributed by atoms with Crippen molar-refractivity contribution in [1.29, 1.82) is 5.26 Å². The van der Waals surface area contributed by atoms with Gasteiger partial charge in [0.2, 0.25) is 17.7 Å². The summed E-state index contributed by atoms with van der Waals surface area (Å²) in [7, 11) is 0. The first kappa shape index (κ1) is 52.5. The van der Waals surface area contributed by atoms with E-state index >= 15 is 0 Å². The van der Waals surface area contributed by atoms with E-state index in [9.17, 15) is 29.5 Å². The van der Waals surface area contributed by atoms with Crippen LogP contribution < -0.4 is 26.0 Å². The molecule has 1 saturated carbocycles. The Labute approximate surface area is 425 Å². The zero-order chi connectivity index (χ0) is 51.4. The highest BCUT2D eigenvalue weighted by Gasteiger charge is 2.64. The summed E-state index contributed by atoms with van der Waals surface area (Å²) in [4.78, 5) is 61.6. The van der Waals surface area contributed by atoms with Gasteiger partial charge in [0.25, 0.3) is 5.91 Å². The fourth-order valence-corrected chi connectivity index (χ4v) is 11.2. The minimum atomic E-state index is -0.983. The highest BCUT2D eigenvalue weighted by atomic mass is 35.5. The molecule has 16 heteroatoms. The van der Waals surface area contributed by atoms with E-state index < -0.39 is 46.2 Å². The maximum absolute atomic E-state index is 14.1. The smallest absolute Gasteiger partial charge is 0.251 e. The first-order valence-electron chi connectivity index (χ1n) is 23.9. The number of ether oxygens (including phenoxy) is 2. The van der Waals surface area contributed by atoms with Crippen molar-refractivity contribution in [3.63, 3.8) is 0 Å². The van der Waals surface area contributed by atoms with Crippen LogP contribution in [0.5, 0.6) is 5.75 Å². The Bertz CT molecular complexity index is 2750. The number of hydrogen-bond acceptors (Lipinski definition) is 11. The fraction of sp³-hybridized carbons (Fsp3) is 0.418. The zero-order valence-corrected chi connectivity index (χ0v) is 43.3. The van der Waals surface area contributed by atoms with Gasteiger partial charge in [-0.25, -0.2) is 4.98 Å². The molecule has 4 atom stereocenters. The number of aliphatic hydroxyl groups is 1. The van der Waals surface area contributed by atoms with Gasteiger partial charge < -0.3 is 40.7 Å². The summed E-state index contributed by atoms with van der Waals surface area (Å²) in [5, 5.41) is 34.6. The Hall–Kier alpha value is -6.31. The van der Waals surface area contributed by atoms with E-state index in [4.69, 9.17) is 21.1 Å². The third-order valence-electron chi connectivity index (χ3n) is 13.6. The molecule has 2 fully saturated rings. The van der Waals surface area contributed by atoms with E-state index in [0.717, 1.165) is 22.3 Å². The van der Waals surface area contributed by atoms with Crippen LogP contribution in [-0.2, 0) is 19.1 Å². The summed E-state index contributed by atoms with van der Waals surface area (Å²) in [6.45, 7) is 17.9. The van der Waals surface area contributed by atoms with Crippen molar-refractivity contribution in [2.45, 2.75) is 105 Å². The Balaban J connectivity index is 0.847. The molecular weight excluding hydrogens is 938 g/mol. The molecule has 3 heterocycles. The highest BCUT2D eigenvalue weighted by Crippen LogP contribution is 2.55. The predicted molar refractivity (Wildman–Crippen MR) is 277 cm³/mol. The number of carbonyl (C=O) groups is 4. The van der Waals surface area contributed by atoms with Gasteiger partial charge in [0.15, 0.2) is 0 Å². The molecule has 5 N–H and O–H groups in total. The number of aromatic nitrogens is 1. The number of nitriles is 1. The minimum Gasteiger partial charge on any atom is -0.489 e. The normalized spacial score (nSPS) is 19.9. The molecule has 1 saturated heterocycles. The number of amides is 4. The van der Waals surface area contributed by atoms with E-state index in [0.29, 0.717) is 34.3 Å². The molecule has 0 radical (unpaired) electrons. The average Bonchev–Trinajstić information content (AvgIpc) is 3.96. The molecule has 0 bridgehead atoms. The molecule has 7 rings (SSSR count). The summed E-state index contributed by atoms with van der Waals surface area (Å²) in [5.74, 6) is -0.315. The molecule has 5 aromatic rings. The molecule has 0 spiro atoms. The van der Waals surface area contributed by atoms with Crippen LogP contribution in [0.15, 0.2) is 96.5 Å². The van der Waals surface area contributed by atoms with Crippen molar-refractivity contribution in [2.75, 3.05) is 31.6 Å². The molecule has 2 aromatic heterocycles. The summed E-state index contributed by atoms with van der Waals surface area (Å²) in [6.07, 6.45) is 0.715. The molecule has 374 valence electrons. The summed E-state index contributed by atoms with van der Waals surface area (Å²) in [5.41, 5.74) is 4.36. The lowest BCUT2D eigenvalue weighted by Crippen LogP contribution is -2.74. The number of carbonyl (C=O) groups excluding carboxylic acids is 4. The molecule has 2 aliphatic rings. The molecule has 4 amide bonds. The van der Waals surface area contributed by atoms with E-state index in [1.807, 2.05) is 76.2 Å². The molecule has 71 heavy (non-hydrogen) atoms. The Morgan fingerprint density at radius 3 is 2.23 bits per heavy atom. The van der Waals surface area contributed by atoms with Gasteiger partial charge in [0, 0.05) is 64.6 Å². The number of hydrogen-bond donors (Lipinski definition) is 5. The van der Waals surface area contributed by atoms with Crippen LogP contribution in [0.2, 0.25) is 5.02 Å². The largest absolute Gasteiger partial charge is 0.489 e. The van der Waals surface area contributed by atoms with E-state index in [1.165, 1.54) is 15.3 Å². The molecule has 1 aliphatic heterocycles. The summed E-state index contributed by atoms with van der Waals surface area (Å²) in [6, 6.07) is 25.9. The number of nitrogens with zero attached hydrogens (tertiary/aromatic N) is 3. The lowest BCUT2D eigenvalue weighted by molar-refractivity contribution is -0.164. The topological polar surface area (TPSA) is 195 Å². The Morgan fingerprint density at radius 2 is 1.62 bits per heavy atom. The first-order chi connectivity index (χ1) is 33.6. The SMILES string of the molecule is Cc1ccsc1-c1ccc([C@H](C)NC(=O)[C@@H]2C[C@@H](O)CN2C(=O)[C@@H](NC(=O)COCCNc2ccc(-c3ccc(C(=O)NC4C(C)(C)C(Oc5ccc(C#N)c(Cl)c5)C4(C)C)cc3)cn2)C(C)(C)C)cc1. The second-order valence-electron chi connectivity index (χ2n) is 20.8. The van der Waals surface area contributed by atoms with Gasteiger partial charge in [-0.2, -0.15) is 5.26 Å². The van der Waals surface area contributed by atoms with Gasteiger partial charge in [-0.15, -0.1) is 11.3 Å². The molecule has 0 unspecified atom stereocenters. The van der Waals surface area contributed by atoms with Crippen LogP contribution in [0, 0.1) is 34.5 Å². The maximum Gasteiger partial charge on any atom is 0.251 e. The third-order valence-corrected chi connectivity index (χ3v) is 15.0. The number of halogens is 1. The van der Waals surface area contributed by atoms with Crippen molar-refractivity contribution in [1.82, 2.24) is 25.8 Å². The number of anilines is 1. The monoisotopic (exact) mass is 1000 g/mol. The number of rotatable bonds is 17. The molecule has 1 aliphatic carbocycles. The van der Waals surface area contributed by atoms with Crippen LogP contribution in [0.4, 0.5) is 5.82 Å². The minimum absolute atomic E-state index is 0.0258. The number of β-amino-alcohol motifs (C(OH)–C–C–N with tert-alkyl or cyclic N) is 1. The number of likely N-dealkylation sites (tertiary alicyclic amines) is 1. The fourth-order valence-electron chi connectivity index (χ4n) is 10.0.